The van der Waals surface area contributed by atoms with Gasteiger partial charge in [0.15, 0.2) is 0 Å². The van der Waals surface area contributed by atoms with Gasteiger partial charge in [0.05, 0.1) is 6.04 Å². The molecule has 9 N–H and O–H groups in total. The minimum Gasteiger partial charge on any atom is -0.480 e. The number of carbonyl (C=O) groups excluding carboxylic acids is 4. The smallest absolute Gasteiger partial charge is 0.326 e. The maximum Gasteiger partial charge on any atom is 0.326 e. The van der Waals surface area contributed by atoms with Gasteiger partial charge < -0.3 is 37.5 Å². The van der Waals surface area contributed by atoms with Crippen molar-refractivity contribution < 1.29 is 29.1 Å². The summed E-state index contributed by atoms with van der Waals surface area (Å²) >= 11 is 0. The minimum absolute atomic E-state index is 0.0424. The van der Waals surface area contributed by atoms with Gasteiger partial charge >= 0.3 is 5.97 Å². The number of aromatic nitrogens is 1. The second-order valence-corrected chi connectivity index (χ2v) is 10.7. The summed E-state index contributed by atoms with van der Waals surface area (Å²) in [5.41, 5.74) is 13.7. The fourth-order valence-electron chi connectivity index (χ4n) is 4.66. The molecular weight excluding hydrogens is 552 g/mol. The maximum atomic E-state index is 13.8. The summed E-state index contributed by atoms with van der Waals surface area (Å²) in [6, 6.07) is 11.9. The van der Waals surface area contributed by atoms with Gasteiger partial charge in [0.1, 0.15) is 18.1 Å². The second-order valence-electron chi connectivity index (χ2n) is 10.7. The number of aliphatic carboxylic acids is 1. The number of amides is 4. The lowest BCUT2D eigenvalue weighted by molar-refractivity contribution is -0.142. The van der Waals surface area contributed by atoms with Crippen molar-refractivity contribution in [1.29, 1.82) is 0 Å². The van der Waals surface area contributed by atoms with Crippen LogP contribution in [0, 0.1) is 5.92 Å². The van der Waals surface area contributed by atoms with Crippen molar-refractivity contribution in [2.75, 3.05) is 0 Å². The third-order valence-corrected chi connectivity index (χ3v) is 7.50. The van der Waals surface area contributed by atoms with Gasteiger partial charge in [-0.05, 0) is 29.5 Å². The number of carboxylic acid groups (broad SMARTS) is 1. The van der Waals surface area contributed by atoms with E-state index < -0.39 is 53.8 Å². The number of carboxylic acids is 1. The molecule has 0 spiro atoms. The van der Waals surface area contributed by atoms with Crippen LogP contribution in [0.3, 0.4) is 0 Å². The van der Waals surface area contributed by atoms with E-state index in [9.17, 15) is 29.1 Å². The molecule has 1 heterocycles. The Morgan fingerprint density at radius 1 is 0.837 bits per heavy atom. The Morgan fingerprint density at radius 3 is 2.05 bits per heavy atom. The third kappa shape index (κ3) is 9.40. The molecule has 43 heavy (non-hydrogen) atoms. The van der Waals surface area contributed by atoms with Gasteiger partial charge in [-0.15, -0.1) is 0 Å². The number of primary amides is 1. The second kappa shape index (κ2) is 15.5. The number of nitrogens with two attached hydrogens (primary N) is 2. The standard InChI is InChI=1S/C31H40N6O6/c1-3-18(2)27(33)30(41)37-25(16-20-17-34-22-12-8-7-11-21(20)22)29(40)36-24(15-19-9-5-4-6-10-19)28(39)35-23(31(42)43)13-14-26(32)38/h4-12,17-18,23-25,27,34H,3,13-16,33H2,1-2H3,(H2,32,38)(H,35,39)(H,36,40)(H,37,41)(H,42,43). The molecule has 5 unspecified atom stereocenters. The van der Waals surface area contributed by atoms with Gasteiger partial charge in [0.2, 0.25) is 23.6 Å². The van der Waals surface area contributed by atoms with Crippen LogP contribution in [0.5, 0.6) is 0 Å². The zero-order valence-electron chi connectivity index (χ0n) is 24.3. The van der Waals surface area contributed by atoms with E-state index in [-0.39, 0.29) is 31.6 Å². The largest absolute Gasteiger partial charge is 0.480 e. The van der Waals surface area contributed by atoms with Gasteiger partial charge in [0.25, 0.3) is 0 Å². The van der Waals surface area contributed by atoms with Gasteiger partial charge in [0, 0.05) is 36.4 Å². The summed E-state index contributed by atoms with van der Waals surface area (Å²) in [6.45, 7) is 3.75. The van der Waals surface area contributed by atoms with Crippen molar-refractivity contribution in [3.63, 3.8) is 0 Å². The van der Waals surface area contributed by atoms with Gasteiger partial charge in [-0.2, -0.15) is 0 Å². The lowest BCUT2D eigenvalue weighted by Crippen LogP contribution is -2.58. The van der Waals surface area contributed by atoms with Crippen LogP contribution < -0.4 is 27.4 Å². The van der Waals surface area contributed by atoms with E-state index >= 15 is 0 Å². The average molecular weight is 593 g/mol. The van der Waals surface area contributed by atoms with Crippen LogP contribution in [0.2, 0.25) is 0 Å². The number of H-pyrrole nitrogens is 1. The van der Waals surface area contributed by atoms with Crippen LogP contribution in [-0.2, 0) is 36.8 Å². The Bertz CT molecular complexity index is 1420. The van der Waals surface area contributed by atoms with E-state index in [0.717, 1.165) is 16.5 Å². The highest BCUT2D eigenvalue weighted by molar-refractivity contribution is 5.95. The number of aromatic amines is 1. The summed E-state index contributed by atoms with van der Waals surface area (Å²) in [5.74, 6) is -4.10. The van der Waals surface area contributed by atoms with Crippen LogP contribution >= 0.6 is 0 Å². The molecule has 12 nitrogen and oxygen atoms in total. The Balaban J connectivity index is 1.89. The van der Waals surface area contributed by atoms with E-state index in [1.54, 1.807) is 36.5 Å². The highest BCUT2D eigenvalue weighted by atomic mass is 16.4. The van der Waals surface area contributed by atoms with Crippen LogP contribution in [0.25, 0.3) is 10.9 Å². The number of benzene rings is 2. The van der Waals surface area contributed by atoms with Crippen LogP contribution in [0.4, 0.5) is 0 Å². The van der Waals surface area contributed by atoms with Crippen molar-refractivity contribution in [2.24, 2.45) is 17.4 Å². The van der Waals surface area contributed by atoms with Crippen LogP contribution in [-0.4, -0.2) is 63.9 Å². The first-order chi connectivity index (χ1) is 20.5. The fraction of sp³-hybridized carbons (Fsp3) is 0.387. The van der Waals surface area contributed by atoms with Crippen LogP contribution in [0.1, 0.15) is 44.2 Å². The average Bonchev–Trinajstić information content (AvgIpc) is 3.40. The SMILES string of the molecule is CCC(C)C(N)C(=O)NC(Cc1c[nH]c2ccccc12)C(=O)NC(Cc1ccccc1)C(=O)NC(CCC(N)=O)C(=O)O. The molecule has 3 rings (SSSR count). The van der Waals surface area contributed by atoms with Crippen molar-refractivity contribution in [2.45, 2.75) is 70.1 Å². The van der Waals surface area contributed by atoms with E-state index in [0.29, 0.717) is 12.0 Å². The highest BCUT2D eigenvalue weighted by Gasteiger charge is 2.32. The minimum atomic E-state index is -1.40. The summed E-state index contributed by atoms with van der Waals surface area (Å²) in [5, 5.41) is 18.4. The Hall–Kier alpha value is -4.71. The molecular formula is C31H40N6O6. The Kier molecular flexibility index (Phi) is 11.8. The van der Waals surface area contributed by atoms with Crippen molar-refractivity contribution in [3.05, 3.63) is 71.9 Å². The molecule has 0 saturated carbocycles. The molecule has 0 aliphatic carbocycles. The summed E-state index contributed by atoms with van der Waals surface area (Å²) in [4.78, 5) is 66.5. The molecule has 3 aromatic rings. The number of hydrogen-bond acceptors (Lipinski definition) is 6. The third-order valence-electron chi connectivity index (χ3n) is 7.50. The lowest BCUT2D eigenvalue weighted by Gasteiger charge is -2.26. The van der Waals surface area contributed by atoms with Crippen molar-refractivity contribution in [3.8, 4) is 0 Å². The fourth-order valence-corrected chi connectivity index (χ4v) is 4.66. The van der Waals surface area contributed by atoms with E-state index in [4.69, 9.17) is 11.5 Å². The highest BCUT2D eigenvalue weighted by Crippen LogP contribution is 2.20. The maximum absolute atomic E-state index is 13.8. The summed E-state index contributed by atoms with van der Waals surface area (Å²) in [7, 11) is 0. The van der Waals surface area contributed by atoms with Gasteiger partial charge in [-0.3, -0.25) is 19.2 Å². The zero-order valence-corrected chi connectivity index (χ0v) is 24.3. The molecule has 0 aliphatic heterocycles. The number of para-hydroxylation sites is 1. The lowest BCUT2D eigenvalue weighted by atomic mass is 9.98. The Labute approximate surface area is 250 Å². The predicted molar refractivity (Wildman–Crippen MR) is 161 cm³/mol. The molecule has 0 saturated heterocycles. The number of nitrogens with one attached hydrogen (secondary N) is 4. The first-order valence-electron chi connectivity index (χ1n) is 14.3. The monoisotopic (exact) mass is 592 g/mol. The quantitative estimate of drug-likeness (QED) is 0.129. The first-order valence-corrected chi connectivity index (χ1v) is 14.3. The van der Waals surface area contributed by atoms with Gasteiger partial charge in [-0.25, -0.2) is 4.79 Å². The molecule has 12 heteroatoms. The summed E-state index contributed by atoms with van der Waals surface area (Å²) in [6.07, 6.45) is 2.10. The molecule has 0 bridgehead atoms. The molecule has 1 aromatic heterocycles. The number of rotatable bonds is 16. The molecule has 0 radical (unpaired) electrons. The normalized spacial score (nSPS) is 14.6. The number of hydrogen-bond donors (Lipinski definition) is 7. The molecule has 230 valence electrons. The Morgan fingerprint density at radius 2 is 1.42 bits per heavy atom. The number of carbonyl (C=O) groups is 5. The van der Waals surface area contributed by atoms with Crippen LogP contribution in [0.15, 0.2) is 60.8 Å². The molecule has 5 atom stereocenters. The van der Waals surface area contributed by atoms with Gasteiger partial charge in [-0.1, -0.05) is 68.8 Å². The number of fused-ring (bicyclic) bond motifs is 1. The van der Waals surface area contributed by atoms with E-state index in [1.807, 2.05) is 38.1 Å². The molecule has 0 fully saturated rings. The molecule has 4 amide bonds. The van der Waals surface area contributed by atoms with E-state index in [1.165, 1.54) is 0 Å². The summed E-state index contributed by atoms with van der Waals surface area (Å²) < 4.78 is 0. The van der Waals surface area contributed by atoms with Crippen molar-refractivity contribution in [1.82, 2.24) is 20.9 Å². The van der Waals surface area contributed by atoms with E-state index in [2.05, 4.69) is 20.9 Å². The molecule has 2 aromatic carbocycles. The van der Waals surface area contributed by atoms with Crippen molar-refractivity contribution >= 4 is 40.5 Å². The molecule has 0 aliphatic rings. The zero-order chi connectivity index (χ0) is 31.5. The topological polar surface area (TPSA) is 209 Å². The predicted octanol–water partition coefficient (Wildman–Crippen LogP) is 1.13. The first kappa shape index (κ1) is 32.8.